The summed E-state index contributed by atoms with van der Waals surface area (Å²) in [5.74, 6) is 0.929. The predicted octanol–water partition coefficient (Wildman–Crippen LogP) is 1.47. The molecule has 1 aromatic heterocycles. The number of aromatic nitrogens is 2. The van der Waals surface area contributed by atoms with E-state index in [4.69, 9.17) is 21.0 Å². The maximum Gasteiger partial charge on any atom is 0.309 e. The first-order chi connectivity index (χ1) is 13.1. The van der Waals surface area contributed by atoms with Crippen molar-refractivity contribution in [2.45, 2.75) is 32.6 Å². The van der Waals surface area contributed by atoms with Crippen LogP contribution in [-0.2, 0) is 9.53 Å². The summed E-state index contributed by atoms with van der Waals surface area (Å²) in [6.45, 7) is 4.40. The summed E-state index contributed by atoms with van der Waals surface area (Å²) in [5.41, 5.74) is 6.77. The van der Waals surface area contributed by atoms with Crippen LogP contribution in [0.5, 0.6) is 0 Å². The lowest BCUT2D eigenvalue weighted by molar-refractivity contribution is -0.148. The van der Waals surface area contributed by atoms with Crippen molar-refractivity contribution in [2.75, 3.05) is 48.3 Å². The summed E-state index contributed by atoms with van der Waals surface area (Å²) >= 11 is 0. The molecule has 0 aliphatic carbocycles. The zero-order valence-corrected chi connectivity index (χ0v) is 15.6. The Morgan fingerprint density at radius 3 is 2.48 bits per heavy atom. The van der Waals surface area contributed by atoms with Gasteiger partial charge in [0.15, 0.2) is 11.6 Å². The van der Waals surface area contributed by atoms with E-state index in [1.165, 1.54) is 6.33 Å². The van der Waals surface area contributed by atoms with Gasteiger partial charge in [0, 0.05) is 26.2 Å². The molecule has 1 aromatic rings. The van der Waals surface area contributed by atoms with E-state index in [1.54, 1.807) is 6.92 Å². The van der Waals surface area contributed by atoms with Gasteiger partial charge >= 0.3 is 5.97 Å². The number of nitrogen functional groups attached to an aromatic ring is 1. The van der Waals surface area contributed by atoms with Gasteiger partial charge in [-0.2, -0.15) is 10.5 Å². The van der Waals surface area contributed by atoms with E-state index in [2.05, 4.69) is 22.1 Å². The van der Waals surface area contributed by atoms with Gasteiger partial charge in [0.25, 0.3) is 0 Å². The van der Waals surface area contributed by atoms with Gasteiger partial charge in [-0.1, -0.05) is 0 Å². The van der Waals surface area contributed by atoms with Crippen LogP contribution in [0.4, 0.5) is 17.3 Å². The zero-order valence-electron chi connectivity index (χ0n) is 15.6. The molecule has 0 unspecified atom stereocenters. The monoisotopic (exact) mass is 371 g/mol. The quantitative estimate of drug-likeness (QED) is 0.674. The van der Waals surface area contributed by atoms with Crippen LogP contribution in [0, 0.1) is 28.6 Å². The number of ether oxygens (including phenoxy) is 1. The Balaban J connectivity index is 2.13. The molecule has 0 amide bonds. The van der Waals surface area contributed by atoms with E-state index >= 15 is 0 Å². The first-order valence-electron chi connectivity index (χ1n) is 9.13. The topological polar surface area (TPSA) is 132 Å². The standard InChI is InChI=1S/C18H25N7O2/c1-2-27-18(26)14-5-11-25(12-6-14)17-15(21)16(22-13-23-17)24(9-3-7-19)10-4-8-20/h13-14H,2-6,9-12,21H2,1H3. The second-order valence-electron chi connectivity index (χ2n) is 6.25. The van der Waals surface area contributed by atoms with Gasteiger partial charge in [-0.25, -0.2) is 9.97 Å². The number of nitrogens with zero attached hydrogens (tertiary/aromatic N) is 6. The predicted molar refractivity (Wildman–Crippen MR) is 101 cm³/mol. The molecule has 2 heterocycles. The van der Waals surface area contributed by atoms with Gasteiger partial charge in [-0.15, -0.1) is 0 Å². The number of hydrogen-bond acceptors (Lipinski definition) is 9. The molecular weight excluding hydrogens is 346 g/mol. The van der Waals surface area contributed by atoms with Crippen molar-refractivity contribution in [3.63, 3.8) is 0 Å². The Morgan fingerprint density at radius 2 is 1.93 bits per heavy atom. The van der Waals surface area contributed by atoms with Crippen molar-refractivity contribution in [1.82, 2.24) is 9.97 Å². The first-order valence-corrected chi connectivity index (χ1v) is 9.13. The van der Waals surface area contributed by atoms with Crippen LogP contribution in [0.3, 0.4) is 0 Å². The fourth-order valence-electron chi connectivity index (χ4n) is 3.16. The van der Waals surface area contributed by atoms with Gasteiger partial charge in [0.05, 0.1) is 37.5 Å². The molecule has 1 aliphatic rings. The molecule has 1 fully saturated rings. The molecule has 0 spiro atoms. The molecule has 1 aliphatic heterocycles. The molecule has 1 saturated heterocycles. The Hall–Kier alpha value is -3.07. The normalized spacial score (nSPS) is 14.3. The van der Waals surface area contributed by atoms with Crippen molar-refractivity contribution in [2.24, 2.45) is 5.92 Å². The van der Waals surface area contributed by atoms with Crippen molar-refractivity contribution in [1.29, 1.82) is 10.5 Å². The molecule has 9 heteroatoms. The molecule has 27 heavy (non-hydrogen) atoms. The van der Waals surface area contributed by atoms with Crippen molar-refractivity contribution in [3.05, 3.63) is 6.33 Å². The maximum absolute atomic E-state index is 11.9. The highest BCUT2D eigenvalue weighted by molar-refractivity contribution is 5.77. The van der Waals surface area contributed by atoms with Crippen molar-refractivity contribution in [3.8, 4) is 12.1 Å². The largest absolute Gasteiger partial charge is 0.466 e. The molecule has 0 aromatic carbocycles. The number of esters is 1. The average molecular weight is 371 g/mol. The lowest BCUT2D eigenvalue weighted by atomic mass is 9.97. The third kappa shape index (κ3) is 5.20. The lowest BCUT2D eigenvalue weighted by Gasteiger charge is -2.33. The number of carbonyl (C=O) groups is 1. The Morgan fingerprint density at radius 1 is 1.30 bits per heavy atom. The number of hydrogen-bond donors (Lipinski definition) is 1. The fraction of sp³-hybridized carbons (Fsp3) is 0.611. The van der Waals surface area contributed by atoms with Crippen LogP contribution in [0.1, 0.15) is 32.6 Å². The second-order valence-corrected chi connectivity index (χ2v) is 6.25. The highest BCUT2D eigenvalue weighted by Crippen LogP contribution is 2.32. The Labute approximate surface area is 159 Å². The van der Waals surface area contributed by atoms with E-state index in [-0.39, 0.29) is 11.9 Å². The SMILES string of the molecule is CCOC(=O)C1CCN(c2ncnc(N(CCC#N)CCC#N)c2N)CC1. The van der Waals surface area contributed by atoms with Gasteiger partial charge in [-0.05, 0) is 19.8 Å². The highest BCUT2D eigenvalue weighted by atomic mass is 16.5. The van der Waals surface area contributed by atoms with E-state index in [9.17, 15) is 4.79 Å². The van der Waals surface area contributed by atoms with E-state index in [0.29, 0.717) is 75.8 Å². The molecule has 0 radical (unpaired) electrons. The van der Waals surface area contributed by atoms with Crippen molar-refractivity contribution >= 4 is 23.3 Å². The third-order valence-corrected chi connectivity index (χ3v) is 4.54. The molecule has 2 N–H and O–H groups in total. The summed E-state index contributed by atoms with van der Waals surface area (Å²) in [4.78, 5) is 24.4. The van der Waals surface area contributed by atoms with Crippen LogP contribution < -0.4 is 15.5 Å². The number of rotatable bonds is 8. The molecular formula is C18H25N7O2. The number of anilines is 3. The first kappa shape index (κ1) is 20.2. The molecule has 2 rings (SSSR count). The average Bonchev–Trinajstić information content (AvgIpc) is 2.69. The second kappa shape index (κ2) is 10.2. The Bertz CT molecular complexity index is 699. The van der Waals surface area contributed by atoms with Crippen molar-refractivity contribution < 1.29 is 9.53 Å². The maximum atomic E-state index is 11.9. The van der Waals surface area contributed by atoms with Crippen LogP contribution in [0.2, 0.25) is 0 Å². The lowest BCUT2D eigenvalue weighted by Crippen LogP contribution is -2.38. The minimum absolute atomic E-state index is 0.0912. The van der Waals surface area contributed by atoms with Gasteiger partial charge < -0.3 is 20.3 Å². The minimum atomic E-state index is -0.146. The number of nitrogens with two attached hydrogens (primary N) is 1. The summed E-state index contributed by atoms with van der Waals surface area (Å²) in [7, 11) is 0. The van der Waals surface area contributed by atoms with Crippen LogP contribution in [0.15, 0.2) is 6.33 Å². The number of nitriles is 2. The summed E-state index contributed by atoms with van der Waals surface area (Å²) < 4.78 is 5.10. The van der Waals surface area contributed by atoms with Gasteiger partial charge in [-0.3, -0.25) is 4.79 Å². The van der Waals surface area contributed by atoms with E-state index in [0.717, 1.165) is 0 Å². The van der Waals surface area contributed by atoms with Gasteiger partial charge in [0.2, 0.25) is 0 Å². The molecule has 0 atom stereocenters. The minimum Gasteiger partial charge on any atom is -0.466 e. The summed E-state index contributed by atoms with van der Waals surface area (Å²) in [6, 6.07) is 4.21. The van der Waals surface area contributed by atoms with Gasteiger partial charge in [0.1, 0.15) is 12.0 Å². The number of carbonyl (C=O) groups excluding carboxylic acids is 1. The Kier molecular flexibility index (Phi) is 7.63. The molecule has 0 bridgehead atoms. The fourth-order valence-corrected chi connectivity index (χ4v) is 3.16. The van der Waals surface area contributed by atoms with E-state index in [1.807, 2.05) is 9.80 Å². The smallest absolute Gasteiger partial charge is 0.309 e. The summed E-state index contributed by atoms with van der Waals surface area (Å²) in [6.07, 6.45) is 3.45. The molecule has 144 valence electrons. The highest BCUT2D eigenvalue weighted by Gasteiger charge is 2.28. The third-order valence-electron chi connectivity index (χ3n) is 4.54. The molecule has 9 nitrogen and oxygen atoms in total. The zero-order chi connectivity index (χ0) is 19.6. The van der Waals surface area contributed by atoms with Crippen LogP contribution in [0.25, 0.3) is 0 Å². The van der Waals surface area contributed by atoms with E-state index < -0.39 is 0 Å². The number of piperidine rings is 1. The molecule has 0 saturated carbocycles. The summed E-state index contributed by atoms with van der Waals surface area (Å²) in [5, 5.41) is 17.7. The van der Waals surface area contributed by atoms with Crippen LogP contribution in [-0.4, -0.2) is 48.7 Å². The van der Waals surface area contributed by atoms with Crippen LogP contribution >= 0.6 is 0 Å².